The molecule has 0 aliphatic carbocycles. The lowest BCUT2D eigenvalue weighted by atomic mass is 9.87. The molecule has 1 atom stereocenters. The summed E-state index contributed by atoms with van der Waals surface area (Å²) in [5, 5.41) is 6.43. The third kappa shape index (κ3) is 4.43. The zero-order valence-electron chi connectivity index (χ0n) is 15.9. The minimum absolute atomic E-state index is 0.0294. The molecule has 0 saturated carbocycles. The summed E-state index contributed by atoms with van der Waals surface area (Å²) in [7, 11) is 0. The highest BCUT2D eigenvalue weighted by Gasteiger charge is 2.62. The molecule has 1 aromatic carbocycles. The van der Waals surface area contributed by atoms with Gasteiger partial charge in [-0.3, -0.25) is 4.79 Å². The Balaban J connectivity index is 1.90. The van der Waals surface area contributed by atoms with Gasteiger partial charge in [0.1, 0.15) is 11.5 Å². The molecular weight excluding hydrogens is 464 g/mol. The van der Waals surface area contributed by atoms with Gasteiger partial charge in [0.15, 0.2) is 5.76 Å². The number of amides is 1. The predicted molar refractivity (Wildman–Crippen MR) is 111 cm³/mol. The quantitative estimate of drug-likeness (QED) is 0.548. The maximum atomic E-state index is 14.1. The molecule has 3 rings (SSSR count). The zero-order valence-corrected chi connectivity index (χ0v) is 18.2. The normalized spacial score (nSPS) is 18.8. The van der Waals surface area contributed by atoms with Crippen LogP contribution in [0.1, 0.15) is 33.9 Å². The molecule has 0 bridgehead atoms. The highest BCUT2D eigenvalue weighted by Crippen LogP contribution is 2.49. The van der Waals surface area contributed by atoms with Crippen molar-refractivity contribution in [3.63, 3.8) is 0 Å². The van der Waals surface area contributed by atoms with Gasteiger partial charge < -0.3 is 14.6 Å². The van der Waals surface area contributed by atoms with Gasteiger partial charge in [-0.05, 0) is 37.4 Å². The van der Waals surface area contributed by atoms with E-state index in [2.05, 4.69) is 10.5 Å². The number of benzene rings is 1. The highest BCUT2D eigenvalue weighted by molar-refractivity contribution is 7.98. The van der Waals surface area contributed by atoms with Crippen molar-refractivity contribution >= 4 is 46.6 Å². The molecular formula is C19H17Cl2F3N2O3S. The van der Waals surface area contributed by atoms with Crippen LogP contribution in [0, 0.1) is 6.92 Å². The van der Waals surface area contributed by atoms with Crippen molar-refractivity contribution in [1.29, 1.82) is 0 Å². The molecule has 1 amide bonds. The Kier molecular flexibility index (Phi) is 6.64. The lowest BCUT2D eigenvalue weighted by Gasteiger charge is -2.29. The molecule has 5 nitrogen and oxygen atoms in total. The average Bonchev–Trinajstić information content (AvgIpc) is 3.25. The monoisotopic (exact) mass is 480 g/mol. The van der Waals surface area contributed by atoms with Crippen molar-refractivity contribution in [3.8, 4) is 0 Å². The molecule has 1 aliphatic heterocycles. The number of thioether (sulfide) groups is 1. The molecule has 0 spiro atoms. The van der Waals surface area contributed by atoms with Crippen molar-refractivity contribution in [3.05, 3.63) is 57.0 Å². The van der Waals surface area contributed by atoms with E-state index >= 15 is 0 Å². The summed E-state index contributed by atoms with van der Waals surface area (Å²) >= 11 is 13.4. The molecule has 2 aromatic rings. The second-order valence-electron chi connectivity index (χ2n) is 6.62. The number of oxime groups is 1. The number of alkyl halides is 3. The molecule has 2 heterocycles. The molecule has 30 heavy (non-hydrogen) atoms. The summed E-state index contributed by atoms with van der Waals surface area (Å²) in [4.78, 5) is 17.2. The van der Waals surface area contributed by atoms with Crippen LogP contribution in [0.15, 0.2) is 33.8 Å². The highest BCUT2D eigenvalue weighted by atomic mass is 35.5. The van der Waals surface area contributed by atoms with Gasteiger partial charge in [0.25, 0.3) is 11.5 Å². The number of carbonyl (C=O) groups excluding carboxylic acids is 1. The van der Waals surface area contributed by atoms with Crippen molar-refractivity contribution in [2.45, 2.75) is 25.1 Å². The van der Waals surface area contributed by atoms with E-state index in [1.165, 1.54) is 12.1 Å². The fourth-order valence-corrected chi connectivity index (χ4v) is 3.87. The number of nitrogens with one attached hydrogen (secondary N) is 1. The van der Waals surface area contributed by atoms with Crippen molar-refractivity contribution in [2.75, 3.05) is 18.6 Å². The Hall–Kier alpha value is -1.84. The maximum absolute atomic E-state index is 14.1. The van der Waals surface area contributed by atoms with Gasteiger partial charge >= 0.3 is 6.18 Å². The zero-order chi connectivity index (χ0) is 22.1. The van der Waals surface area contributed by atoms with Crippen LogP contribution in [0.4, 0.5) is 13.2 Å². The van der Waals surface area contributed by atoms with E-state index in [0.29, 0.717) is 6.54 Å². The number of aryl methyl sites for hydroxylation is 1. The maximum Gasteiger partial charge on any atom is 0.435 e. The number of hydrogen-bond donors (Lipinski definition) is 1. The summed E-state index contributed by atoms with van der Waals surface area (Å²) in [5.41, 5.74) is -2.89. The fraction of sp³-hybridized carbons (Fsp3) is 0.368. The van der Waals surface area contributed by atoms with E-state index in [1.54, 1.807) is 18.7 Å². The van der Waals surface area contributed by atoms with Crippen molar-refractivity contribution in [2.24, 2.45) is 5.16 Å². The Morgan fingerprint density at radius 2 is 1.93 bits per heavy atom. The van der Waals surface area contributed by atoms with Crippen molar-refractivity contribution < 1.29 is 27.2 Å². The largest absolute Gasteiger partial charge is 0.459 e. The molecule has 1 unspecified atom stereocenters. The molecule has 1 aliphatic rings. The Morgan fingerprint density at radius 1 is 1.27 bits per heavy atom. The SMILES string of the molecule is CSCCNC(=O)c1cc(C2=NOC(c3cc(Cl)cc(Cl)c3)(C(F)(F)F)C2)oc1C. The standard InChI is InChI=1S/C19H17Cl2F3N2O3S/c1-10-14(17(27)25-3-4-30-2)8-16(28-10)15-9-18(29-26-15,19(22,23)24)11-5-12(20)7-13(21)6-11/h5-8H,3-4,9H2,1-2H3,(H,25,27). The van der Waals surface area contributed by atoms with Gasteiger partial charge in [-0.15, -0.1) is 0 Å². The number of hydrogen-bond acceptors (Lipinski definition) is 5. The molecule has 162 valence electrons. The molecule has 0 radical (unpaired) electrons. The Labute approximate surface area is 184 Å². The Morgan fingerprint density at radius 3 is 2.53 bits per heavy atom. The second kappa shape index (κ2) is 8.72. The molecule has 0 fully saturated rings. The van der Waals surface area contributed by atoms with Crippen LogP contribution in [-0.2, 0) is 10.4 Å². The fourth-order valence-electron chi connectivity index (χ4n) is 3.03. The van der Waals surface area contributed by atoms with E-state index in [4.69, 9.17) is 32.5 Å². The summed E-state index contributed by atoms with van der Waals surface area (Å²) in [6.45, 7) is 2.01. The summed E-state index contributed by atoms with van der Waals surface area (Å²) in [6.07, 6.45) is -3.56. The summed E-state index contributed by atoms with van der Waals surface area (Å²) in [5.74, 6) is 0.651. The number of rotatable bonds is 6. The average molecular weight is 481 g/mol. The minimum atomic E-state index is -4.81. The van der Waals surface area contributed by atoms with Crippen LogP contribution in [0.3, 0.4) is 0 Å². The van der Waals surface area contributed by atoms with Crippen molar-refractivity contribution in [1.82, 2.24) is 5.32 Å². The predicted octanol–water partition coefficient (Wildman–Crippen LogP) is 5.57. The van der Waals surface area contributed by atoms with E-state index in [9.17, 15) is 18.0 Å². The number of halogens is 5. The third-order valence-electron chi connectivity index (χ3n) is 4.55. The number of nitrogens with zero attached hydrogens (tertiary/aromatic N) is 1. The molecule has 1 aromatic heterocycles. The summed E-state index contributed by atoms with van der Waals surface area (Å²) < 4.78 is 47.7. The van der Waals surface area contributed by atoms with Gasteiger partial charge in [-0.25, -0.2) is 0 Å². The van der Waals surface area contributed by atoms with Crippen LogP contribution in [-0.4, -0.2) is 36.3 Å². The van der Waals surface area contributed by atoms with Gasteiger partial charge in [0.05, 0.1) is 12.0 Å². The summed E-state index contributed by atoms with van der Waals surface area (Å²) in [6, 6.07) is 4.96. The number of furan rings is 1. The van der Waals surface area contributed by atoms with E-state index < -0.39 is 18.2 Å². The smallest absolute Gasteiger partial charge is 0.435 e. The van der Waals surface area contributed by atoms with Gasteiger partial charge in [-0.1, -0.05) is 28.4 Å². The van der Waals surface area contributed by atoms with Crippen LogP contribution in [0.2, 0.25) is 10.0 Å². The third-order valence-corrected chi connectivity index (χ3v) is 5.60. The second-order valence-corrected chi connectivity index (χ2v) is 8.48. The Bertz CT molecular complexity index is 974. The van der Waals surface area contributed by atoms with Crippen LogP contribution in [0.25, 0.3) is 0 Å². The van der Waals surface area contributed by atoms with Gasteiger partial charge in [0, 0.05) is 27.9 Å². The lowest BCUT2D eigenvalue weighted by Crippen LogP contribution is -2.42. The van der Waals surface area contributed by atoms with Gasteiger partial charge in [0.2, 0.25) is 0 Å². The van der Waals surface area contributed by atoms with E-state index in [0.717, 1.165) is 17.9 Å². The molecule has 1 N–H and O–H groups in total. The van der Waals surface area contributed by atoms with Gasteiger partial charge in [-0.2, -0.15) is 24.9 Å². The van der Waals surface area contributed by atoms with E-state index in [1.807, 2.05) is 6.26 Å². The molecule has 0 saturated heterocycles. The minimum Gasteiger partial charge on any atom is -0.459 e. The van der Waals surface area contributed by atoms with Crippen LogP contribution < -0.4 is 5.32 Å². The molecule has 11 heteroatoms. The first-order valence-electron chi connectivity index (χ1n) is 8.73. The van der Waals surface area contributed by atoms with E-state index in [-0.39, 0.29) is 44.3 Å². The topological polar surface area (TPSA) is 63.8 Å². The first kappa shape index (κ1) is 22.8. The van der Waals surface area contributed by atoms with Crippen LogP contribution >= 0.6 is 35.0 Å². The lowest BCUT2D eigenvalue weighted by molar-refractivity contribution is -0.275. The first-order valence-corrected chi connectivity index (χ1v) is 10.9. The first-order chi connectivity index (χ1) is 14.1. The van der Waals surface area contributed by atoms with Crippen LogP contribution in [0.5, 0.6) is 0 Å². The number of carbonyl (C=O) groups is 1.